The van der Waals surface area contributed by atoms with E-state index in [1.165, 1.54) is 24.1 Å². The van der Waals surface area contributed by atoms with Gasteiger partial charge in [0.1, 0.15) is 0 Å². The highest BCUT2D eigenvalue weighted by atomic mass is 32.1. The summed E-state index contributed by atoms with van der Waals surface area (Å²) in [5, 5.41) is 6.41. The van der Waals surface area contributed by atoms with Crippen molar-refractivity contribution in [1.82, 2.24) is 9.55 Å². The van der Waals surface area contributed by atoms with E-state index >= 15 is 0 Å². The lowest BCUT2D eigenvalue weighted by atomic mass is 10.2. The first-order valence-electron chi connectivity index (χ1n) is 7.92. The third-order valence-electron chi connectivity index (χ3n) is 4.12. The van der Waals surface area contributed by atoms with Crippen LogP contribution in [0.2, 0.25) is 0 Å². The van der Waals surface area contributed by atoms with E-state index in [2.05, 4.69) is 51.9 Å². The highest BCUT2D eigenvalue weighted by molar-refractivity contribution is 7.14. The number of hydrogen-bond donors (Lipinski definition) is 1. The van der Waals surface area contributed by atoms with Crippen molar-refractivity contribution >= 4 is 22.4 Å². The fraction of sp³-hybridized carbons (Fsp3) is 0.529. The van der Waals surface area contributed by atoms with Crippen LogP contribution in [0.15, 0.2) is 11.4 Å². The average molecular weight is 335 g/mol. The molecule has 0 fully saturated rings. The van der Waals surface area contributed by atoms with Crippen molar-refractivity contribution < 1.29 is 9.53 Å². The van der Waals surface area contributed by atoms with E-state index in [0.717, 1.165) is 36.6 Å². The van der Waals surface area contributed by atoms with Crippen molar-refractivity contribution in [2.45, 2.75) is 39.5 Å². The molecule has 0 bridgehead atoms. The number of hydrogen-bond acceptors (Lipinski definition) is 5. The lowest BCUT2D eigenvalue weighted by Gasteiger charge is -2.03. The van der Waals surface area contributed by atoms with Crippen LogP contribution in [0.4, 0.5) is 5.13 Å². The molecule has 2 rings (SSSR count). The summed E-state index contributed by atoms with van der Waals surface area (Å²) in [6.45, 7) is 5.10. The molecule has 0 saturated heterocycles. The number of esters is 1. The lowest BCUT2D eigenvalue weighted by Crippen LogP contribution is -2.03. The summed E-state index contributed by atoms with van der Waals surface area (Å²) in [5.74, 6) is -0.129. The Kier molecular flexibility index (Phi) is 6.21. The molecule has 126 valence electrons. The first-order chi connectivity index (χ1) is 11.0. The highest BCUT2D eigenvalue weighted by Crippen LogP contribution is 2.29. The van der Waals surface area contributed by atoms with Crippen molar-refractivity contribution in [3.05, 3.63) is 22.8 Å². The van der Waals surface area contributed by atoms with Gasteiger partial charge in [0.25, 0.3) is 0 Å². The summed E-state index contributed by atoms with van der Waals surface area (Å²) in [6.07, 6.45) is 3.41. The van der Waals surface area contributed by atoms with Crippen molar-refractivity contribution in [3.63, 3.8) is 0 Å². The predicted octanol–water partition coefficient (Wildman–Crippen LogP) is 3.91. The van der Waals surface area contributed by atoms with Crippen molar-refractivity contribution in [1.29, 1.82) is 0 Å². The van der Waals surface area contributed by atoms with Crippen molar-refractivity contribution in [3.8, 4) is 11.3 Å². The van der Waals surface area contributed by atoms with E-state index in [1.807, 2.05) is 0 Å². The minimum atomic E-state index is -0.129. The van der Waals surface area contributed by atoms with Gasteiger partial charge in [-0.25, -0.2) is 4.98 Å². The maximum absolute atomic E-state index is 11.0. The van der Waals surface area contributed by atoms with Crippen LogP contribution in [0, 0.1) is 13.8 Å². The number of ether oxygens (including phenoxy) is 1. The Balaban J connectivity index is 1.79. The Morgan fingerprint density at radius 1 is 1.35 bits per heavy atom. The molecular formula is C17H25N3O2S. The van der Waals surface area contributed by atoms with Crippen LogP contribution in [-0.4, -0.2) is 29.2 Å². The van der Waals surface area contributed by atoms with Crippen LogP contribution in [0.5, 0.6) is 0 Å². The second-order valence-electron chi connectivity index (χ2n) is 5.70. The molecule has 0 atom stereocenters. The first kappa shape index (κ1) is 17.5. The van der Waals surface area contributed by atoms with Gasteiger partial charge in [0.15, 0.2) is 5.13 Å². The molecule has 6 heteroatoms. The number of aromatic nitrogens is 2. The van der Waals surface area contributed by atoms with Gasteiger partial charge in [0.05, 0.1) is 12.8 Å². The summed E-state index contributed by atoms with van der Waals surface area (Å²) in [5.41, 5.74) is 4.71. The van der Waals surface area contributed by atoms with Gasteiger partial charge in [0.2, 0.25) is 0 Å². The van der Waals surface area contributed by atoms with E-state index in [0.29, 0.717) is 6.42 Å². The standard InChI is InChI=1S/C17H25N3O2S/c1-12-10-14(13(2)20(12)3)15-11-23-17(19-15)18-9-7-5-6-8-16(21)22-4/h10-11H,5-9H2,1-4H3,(H,18,19). The number of methoxy groups -OCH3 is 1. The minimum Gasteiger partial charge on any atom is -0.469 e. The first-order valence-corrected chi connectivity index (χ1v) is 8.80. The number of carbonyl (C=O) groups is 1. The maximum Gasteiger partial charge on any atom is 0.305 e. The maximum atomic E-state index is 11.0. The molecule has 2 aromatic heterocycles. The molecule has 2 aromatic rings. The number of nitrogens with zero attached hydrogens (tertiary/aromatic N) is 2. The van der Waals surface area contributed by atoms with Gasteiger partial charge in [0, 0.05) is 42.3 Å². The van der Waals surface area contributed by atoms with E-state index in [9.17, 15) is 4.79 Å². The molecule has 0 saturated carbocycles. The van der Waals surface area contributed by atoms with Crippen LogP contribution in [0.25, 0.3) is 11.3 Å². The normalized spacial score (nSPS) is 10.8. The molecule has 0 amide bonds. The van der Waals surface area contributed by atoms with Crippen molar-refractivity contribution in [2.75, 3.05) is 19.0 Å². The van der Waals surface area contributed by atoms with Gasteiger partial charge in [-0.3, -0.25) is 4.79 Å². The number of carbonyl (C=O) groups excluding carboxylic acids is 1. The van der Waals surface area contributed by atoms with E-state index in [1.54, 1.807) is 11.3 Å². The molecule has 0 radical (unpaired) electrons. The van der Waals surface area contributed by atoms with Gasteiger partial charge in [-0.05, 0) is 32.8 Å². The third-order valence-corrected chi connectivity index (χ3v) is 4.92. The number of thiazole rings is 1. The lowest BCUT2D eigenvalue weighted by molar-refractivity contribution is -0.140. The van der Waals surface area contributed by atoms with Gasteiger partial charge < -0.3 is 14.6 Å². The van der Waals surface area contributed by atoms with Crippen LogP contribution in [0.1, 0.15) is 37.1 Å². The molecule has 0 aliphatic rings. The topological polar surface area (TPSA) is 56.1 Å². The SMILES string of the molecule is COC(=O)CCCCCNc1nc(-c2cc(C)n(C)c2C)cs1. The van der Waals surface area contributed by atoms with Crippen molar-refractivity contribution in [2.24, 2.45) is 7.05 Å². The number of aryl methyl sites for hydroxylation is 1. The predicted molar refractivity (Wildman–Crippen MR) is 95.0 cm³/mol. The average Bonchev–Trinajstić information content (AvgIpc) is 3.11. The Bertz CT molecular complexity index is 661. The van der Waals surface area contributed by atoms with Crippen LogP contribution in [0.3, 0.4) is 0 Å². The fourth-order valence-electron chi connectivity index (χ4n) is 2.46. The fourth-order valence-corrected chi connectivity index (χ4v) is 3.20. The number of anilines is 1. The summed E-state index contributed by atoms with van der Waals surface area (Å²) >= 11 is 1.63. The third kappa shape index (κ3) is 4.58. The Morgan fingerprint density at radius 2 is 2.13 bits per heavy atom. The highest BCUT2D eigenvalue weighted by Gasteiger charge is 2.11. The zero-order valence-corrected chi connectivity index (χ0v) is 15.1. The zero-order chi connectivity index (χ0) is 16.8. The molecule has 0 aliphatic heterocycles. The van der Waals surface area contributed by atoms with E-state index in [-0.39, 0.29) is 5.97 Å². The minimum absolute atomic E-state index is 0.129. The number of rotatable bonds is 8. The van der Waals surface area contributed by atoms with Crippen LogP contribution in [-0.2, 0) is 16.6 Å². The van der Waals surface area contributed by atoms with Gasteiger partial charge >= 0.3 is 5.97 Å². The monoisotopic (exact) mass is 335 g/mol. The molecule has 5 nitrogen and oxygen atoms in total. The smallest absolute Gasteiger partial charge is 0.305 e. The number of nitrogens with one attached hydrogen (secondary N) is 1. The molecule has 23 heavy (non-hydrogen) atoms. The van der Waals surface area contributed by atoms with Crippen LogP contribution < -0.4 is 5.32 Å². The Morgan fingerprint density at radius 3 is 2.78 bits per heavy atom. The Hall–Kier alpha value is -1.82. The molecule has 0 aliphatic carbocycles. The second kappa shape index (κ2) is 8.15. The quantitative estimate of drug-likeness (QED) is 0.587. The summed E-state index contributed by atoms with van der Waals surface area (Å²) in [4.78, 5) is 15.7. The molecule has 1 N–H and O–H groups in total. The van der Waals surface area contributed by atoms with Gasteiger partial charge in [-0.1, -0.05) is 6.42 Å². The van der Waals surface area contributed by atoms with Gasteiger partial charge in [-0.15, -0.1) is 11.3 Å². The second-order valence-corrected chi connectivity index (χ2v) is 6.55. The molecular weight excluding hydrogens is 310 g/mol. The van der Waals surface area contributed by atoms with Gasteiger partial charge in [-0.2, -0.15) is 0 Å². The molecule has 0 spiro atoms. The summed E-state index contributed by atoms with van der Waals surface area (Å²) < 4.78 is 6.81. The molecule has 2 heterocycles. The van der Waals surface area contributed by atoms with Crippen LogP contribution >= 0.6 is 11.3 Å². The number of unbranched alkanes of at least 4 members (excludes halogenated alkanes) is 2. The molecule has 0 aromatic carbocycles. The van der Waals surface area contributed by atoms with E-state index < -0.39 is 0 Å². The Labute approximate surface area is 141 Å². The van der Waals surface area contributed by atoms with E-state index in [4.69, 9.17) is 0 Å². The summed E-state index contributed by atoms with van der Waals surface area (Å²) in [7, 11) is 3.51. The zero-order valence-electron chi connectivity index (χ0n) is 14.3. The summed E-state index contributed by atoms with van der Waals surface area (Å²) in [6, 6.07) is 2.18. The molecule has 0 unspecified atom stereocenters. The largest absolute Gasteiger partial charge is 0.469 e.